The predicted molar refractivity (Wildman–Crippen MR) is 213 cm³/mol. The number of carbonyl (C=O) groups is 3. The molecule has 2 saturated carbocycles. The van der Waals surface area contributed by atoms with Crippen molar-refractivity contribution < 1.29 is 32.3 Å². The summed E-state index contributed by atoms with van der Waals surface area (Å²) in [5, 5.41) is 5.64. The summed E-state index contributed by atoms with van der Waals surface area (Å²) in [4.78, 5) is 60.7. The highest BCUT2D eigenvalue weighted by molar-refractivity contribution is 5.86. The maximum Gasteiger partial charge on any atom is 0.433 e. The summed E-state index contributed by atoms with van der Waals surface area (Å²) in [6.45, 7) is 4.47. The Kier molecular flexibility index (Phi) is 11.0. The lowest BCUT2D eigenvalue weighted by atomic mass is 9.78. The molecule has 0 radical (unpaired) electrons. The molecule has 1 saturated heterocycles. The molecule has 2 bridgehead atoms. The predicted octanol–water partition coefficient (Wildman–Crippen LogP) is 8.04. The molecular weight excluding hydrogens is 762 g/mol. The minimum absolute atomic E-state index is 0.0656. The smallest absolute Gasteiger partial charge is 0.433 e. The molecule has 2 unspecified atom stereocenters. The monoisotopic (exact) mass is 808 g/mol. The number of rotatable bonds is 11. The molecule has 0 spiro atoms. The van der Waals surface area contributed by atoms with Gasteiger partial charge in [0.1, 0.15) is 23.4 Å². The number of amides is 3. The van der Waals surface area contributed by atoms with E-state index in [1.807, 2.05) is 44.3 Å². The largest absolute Gasteiger partial charge is 0.453 e. The van der Waals surface area contributed by atoms with Gasteiger partial charge in [-0.3, -0.25) is 14.6 Å². The SMILES string of the molecule is COC(=O)N[C@H](C(=O)N1CCC[C@H]1c1ncc(-c2ccc(-c3ccc(-c4cnc([C@H]5C6CCC(C6)[C@@H]5C(=O)NCc5ccc(C(F)(F)F)nc5)[nH]4)cc3)cc2)[nH]1)C(C)C. The average Bonchev–Trinajstić information content (AvgIpc) is 4.10. The topological polar surface area (TPSA) is 158 Å². The van der Waals surface area contributed by atoms with Gasteiger partial charge in [-0.25, -0.2) is 14.8 Å². The molecule has 59 heavy (non-hydrogen) atoms. The van der Waals surface area contributed by atoms with Crippen LogP contribution >= 0.6 is 0 Å². The quantitative estimate of drug-likeness (QED) is 0.105. The minimum Gasteiger partial charge on any atom is -0.453 e. The van der Waals surface area contributed by atoms with Crippen LogP contribution in [-0.2, 0) is 27.0 Å². The third-order valence-corrected chi connectivity index (χ3v) is 12.3. The lowest BCUT2D eigenvalue weighted by Gasteiger charge is -2.30. The van der Waals surface area contributed by atoms with Gasteiger partial charge in [0.05, 0.1) is 42.9 Å². The van der Waals surface area contributed by atoms with Crippen molar-refractivity contribution in [3.63, 3.8) is 0 Å². The molecule has 8 rings (SSSR count). The maximum absolute atomic E-state index is 13.5. The second-order valence-electron chi connectivity index (χ2n) is 16.2. The zero-order valence-electron chi connectivity index (χ0n) is 33.1. The summed E-state index contributed by atoms with van der Waals surface area (Å²) < 4.78 is 43.6. The van der Waals surface area contributed by atoms with E-state index in [0.717, 1.165) is 83.8 Å². The number of hydrogen-bond acceptors (Lipinski definition) is 7. The summed E-state index contributed by atoms with van der Waals surface area (Å²) in [5.74, 6) is 1.35. The van der Waals surface area contributed by atoms with Gasteiger partial charge in [-0.1, -0.05) is 68.4 Å². The summed E-state index contributed by atoms with van der Waals surface area (Å²) >= 11 is 0. The Labute approximate surface area is 339 Å². The number of fused-ring (bicyclic) bond motifs is 2. The fraction of sp³-hybridized carbons (Fsp3) is 0.409. The number of hydrogen-bond donors (Lipinski definition) is 4. The minimum atomic E-state index is -4.51. The summed E-state index contributed by atoms with van der Waals surface area (Å²) in [6, 6.07) is 17.8. The number of benzene rings is 2. The number of aromatic amines is 2. The lowest BCUT2D eigenvalue weighted by Crippen LogP contribution is -2.51. The Balaban J connectivity index is 0.905. The van der Waals surface area contributed by atoms with Gasteiger partial charge in [-0.15, -0.1) is 0 Å². The van der Waals surface area contributed by atoms with Gasteiger partial charge in [0.15, 0.2) is 0 Å². The molecule has 3 aliphatic rings. The molecular formula is C44H47F3N8O4. The molecule has 5 aromatic rings. The van der Waals surface area contributed by atoms with Gasteiger partial charge in [-0.05, 0) is 83.7 Å². The van der Waals surface area contributed by atoms with Crippen LogP contribution in [0.15, 0.2) is 79.3 Å². The fourth-order valence-corrected chi connectivity index (χ4v) is 9.25. The molecule has 2 aliphatic carbocycles. The molecule has 3 fully saturated rings. The van der Waals surface area contributed by atoms with Gasteiger partial charge in [-0.2, -0.15) is 13.2 Å². The van der Waals surface area contributed by atoms with Crippen molar-refractivity contribution in [3.05, 3.63) is 102 Å². The zero-order valence-corrected chi connectivity index (χ0v) is 33.1. The first-order valence-electron chi connectivity index (χ1n) is 20.1. The molecule has 3 amide bonds. The standard InChI is InChI=1S/C44H47F3N8O4/c1-24(2)38(54-43(58)59-3)42(57)55-18-4-5-34(55)39-49-22-32(52-39)28-11-7-26(8-12-28)27-9-13-29(14-10-27)33-23-50-40(53-33)36-30-15-16-31(19-30)37(36)41(56)51-21-25-6-17-35(48-20-25)44(45,46)47/h6-14,17,20,22-24,30-31,34,36-38H,4-5,15-16,18-19,21H2,1-3H3,(H,49,52)(H,50,53)(H,51,56)(H,54,58)/t30?,31?,34-,36-,37-,38-/m0/s1. The molecule has 1 aliphatic heterocycles. The number of alkyl halides is 3. The summed E-state index contributed by atoms with van der Waals surface area (Å²) in [7, 11) is 1.28. The molecule has 3 aromatic heterocycles. The van der Waals surface area contributed by atoms with Crippen molar-refractivity contribution in [2.24, 2.45) is 23.7 Å². The van der Waals surface area contributed by atoms with Crippen LogP contribution in [-0.4, -0.2) is 67.4 Å². The van der Waals surface area contributed by atoms with E-state index in [1.165, 1.54) is 13.2 Å². The number of alkyl carbamates (subject to hydrolysis) is 1. The van der Waals surface area contributed by atoms with Gasteiger partial charge in [0, 0.05) is 25.2 Å². The van der Waals surface area contributed by atoms with E-state index in [9.17, 15) is 27.6 Å². The Bertz CT molecular complexity index is 2290. The lowest BCUT2D eigenvalue weighted by molar-refractivity contribution is -0.141. The van der Waals surface area contributed by atoms with Crippen molar-refractivity contribution in [2.75, 3.05) is 13.7 Å². The third kappa shape index (κ3) is 8.19. The molecule has 2 aromatic carbocycles. The van der Waals surface area contributed by atoms with Crippen molar-refractivity contribution in [2.45, 2.75) is 76.7 Å². The molecule has 4 N–H and O–H groups in total. The number of aromatic nitrogens is 5. The third-order valence-electron chi connectivity index (χ3n) is 12.3. The zero-order chi connectivity index (χ0) is 41.4. The molecule has 6 atom stereocenters. The maximum atomic E-state index is 13.5. The Morgan fingerprint density at radius 1 is 0.814 bits per heavy atom. The normalized spacial score (nSPS) is 21.8. The van der Waals surface area contributed by atoms with E-state index in [2.05, 4.69) is 54.8 Å². The van der Waals surface area contributed by atoms with E-state index < -0.39 is 24.0 Å². The number of ether oxygens (including phenoxy) is 1. The van der Waals surface area contributed by atoms with Gasteiger partial charge >= 0.3 is 12.3 Å². The first-order valence-corrected chi connectivity index (χ1v) is 20.1. The Morgan fingerprint density at radius 3 is 2.02 bits per heavy atom. The molecule has 15 heteroatoms. The molecule has 308 valence electrons. The number of likely N-dealkylation sites (tertiary alicyclic amines) is 1. The number of methoxy groups -OCH3 is 1. The van der Waals surface area contributed by atoms with Crippen LogP contribution in [0.25, 0.3) is 33.6 Å². The Hall–Kier alpha value is -5.99. The second kappa shape index (κ2) is 16.3. The van der Waals surface area contributed by atoms with E-state index in [4.69, 9.17) is 9.72 Å². The number of carbonyl (C=O) groups excluding carboxylic acids is 3. The second-order valence-corrected chi connectivity index (χ2v) is 16.2. The van der Waals surface area contributed by atoms with E-state index in [-0.39, 0.29) is 48.1 Å². The van der Waals surface area contributed by atoms with Gasteiger partial charge < -0.3 is 30.2 Å². The van der Waals surface area contributed by atoms with E-state index in [0.29, 0.717) is 23.9 Å². The molecule has 12 nitrogen and oxygen atoms in total. The first-order chi connectivity index (χ1) is 28.4. The van der Waals surface area contributed by atoms with Crippen LogP contribution in [0.3, 0.4) is 0 Å². The van der Waals surface area contributed by atoms with Crippen molar-refractivity contribution in [1.29, 1.82) is 0 Å². The van der Waals surface area contributed by atoms with Crippen LogP contribution in [0.2, 0.25) is 0 Å². The van der Waals surface area contributed by atoms with E-state index >= 15 is 0 Å². The highest BCUT2D eigenvalue weighted by Crippen LogP contribution is 2.56. The Morgan fingerprint density at radius 2 is 1.42 bits per heavy atom. The number of pyridine rings is 1. The first kappa shape index (κ1) is 39.8. The summed E-state index contributed by atoms with van der Waals surface area (Å²) in [5.41, 5.74) is 5.26. The average molecular weight is 809 g/mol. The van der Waals surface area contributed by atoms with Gasteiger partial charge in [0.25, 0.3) is 0 Å². The van der Waals surface area contributed by atoms with Crippen LogP contribution in [0.1, 0.15) is 80.8 Å². The number of H-pyrrole nitrogens is 2. The summed E-state index contributed by atoms with van der Waals surface area (Å²) in [6.07, 6.45) is 4.17. The number of nitrogens with zero attached hydrogens (tertiary/aromatic N) is 4. The fourth-order valence-electron chi connectivity index (χ4n) is 9.25. The number of halogens is 3. The highest BCUT2D eigenvalue weighted by atomic mass is 19.4. The highest BCUT2D eigenvalue weighted by Gasteiger charge is 2.52. The molecule has 4 heterocycles. The van der Waals surface area contributed by atoms with Gasteiger partial charge in [0.2, 0.25) is 11.8 Å². The van der Waals surface area contributed by atoms with Crippen LogP contribution in [0.5, 0.6) is 0 Å². The number of nitrogens with one attached hydrogen (secondary N) is 4. The van der Waals surface area contributed by atoms with E-state index in [1.54, 1.807) is 11.1 Å². The number of imidazole rings is 2. The van der Waals surface area contributed by atoms with Crippen LogP contribution < -0.4 is 10.6 Å². The van der Waals surface area contributed by atoms with Crippen LogP contribution in [0.4, 0.5) is 18.0 Å². The van der Waals surface area contributed by atoms with Crippen LogP contribution in [0, 0.1) is 23.7 Å². The van der Waals surface area contributed by atoms with Crippen molar-refractivity contribution in [3.8, 4) is 33.6 Å². The van der Waals surface area contributed by atoms with Crippen molar-refractivity contribution >= 4 is 17.9 Å². The van der Waals surface area contributed by atoms with Crippen molar-refractivity contribution in [1.82, 2.24) is 40.5 Å².